The van der Waals surface area contributed by atoms with Gasteiger partial charge in [-0.1, -0.05) is 0 Å². The van der Waals surface area contributed by atoms with Gasteiger partial charge in [0.2, 0.25) is 0 Å². The molecule has 0 aliphatic carbocycles. The first-order chi connectivity index (χ1) is 8.54. The van der Waals surface area contributed by atoms with Crippen LogP contribution >= 0.6 is 0 Å². The molecular formula is C13H19F2NO2S. The summed E-state index contributed by atoms with van der Waals surface area (Å²) in [6.07, 6.45) is 1.15. The van der Waals surface area contributed by atoms with Crippen LogP contribution in [0.15, 0.2) is 18.2 Å². The maximum atomic E-state index is 13.5. The average Bonchev–Trinajstić information content (AvgIpc) is 2.28. The van der Waals surface area contributed by atoms with Gasteiger partial charge in [-0.05, 0) is 39.0 Å². The van der Waals surface area contributed by atoms with Gasteiger partial charge >= 0.3 is 0 Å². The molecule has 0 spiro atoms. The van der Waals surface area contributed by atoms with E-state index in [0.29, 0.717) is 0 Å². The molecule has 1 aromatic carbocycles. The number of hydrogen-bond donors (Lipinski definition) is 1. The Morgan fingerprint density at radius 1 is 1.32 bits per heavy atom. The molecule has 0 aromatic heterocycles. The summed E-state index contributed by atoms with van der Waals surface area (Å²) >= 11 is 0. The molecule has 0 aliphatic rings. The number of hydrogen-bond acceptors (Lipinski definition) is 3. The number of sulfone groups is 1. The molecule has 0 amide bonds. The van der Waals surface area contributed by atoms with Gasteiger partial charge in [0.25, 0.3) is 0 Å². The number of benzene rings is 1. The average molecular weight is 291 g/mol. The van der Waals surface area contributed by atoms with Crippen molar-refractivity contribution in [1.29, 1.82) is 0 Å². The van der Waals surface area contributed by atoms with Gasteiger partial charge in [0.1, 0.15) is 11.6 Å². The second-order valence-electron chi connectivity index (χ2n) is 5.30. The Morgan fingerprint density at radius 3 is 2.42 bits per heavy atom. The summed E-state index contributed by atoms with van der Waals surface area (Å²) in [6.45, 7) is 4.99. The minimum Gasteiger partial charge on any atom is -0.309 e. The van der Waals surface area contributed by atoms with E-state index in [2.05, 4.69) is 5.32 Å². The molecule has 0 heterocycles. The predicted octanol–water partition coefficient (Wildman–Crippen LogP) is 2.44. The van der Waals surface area contributed by atoms with Crippen LogP contribution in [-0.2, 0) is 9.84 Å². The van der Waals surface area contributed by atoms with Crippen LogP contribution in [0.4, 0.5) is 8.78 Å². The lowest BCUT2D eigenvalue weighted by Crippen LogP contribution is -2.42. The van der Waals surface area contributed by atoms with Crippen LogP contribution in [0, 0.1) is 11.6 Å². The van der Waals surface area contributed by atoms with E-state index in [0.717, 1.165) is 24.5 Å². The van der Waals surface area contributed by atoms with Crippen LogP contribution in [0.1, 0.15) is 32.4 Å². The highest BCUT2D eigenvalue weighted by Crippen LogP contribution is 2.20. The smallest absolute Gasteiger partial charge is 0.153 e. The number of nitrogens with one attached hydrogen (secondary N) is 1. The monoisotopic (exact) mass is 291 g/mol. The maximum Gasteiger partial charge on any atom is 0.153 e. The van der Waals surface area contributed by atoms with E-state index in [1.807, 2.05) is 0 Å². The van der Waals surface area contributed by atoms with Gasteiger partial charge in [0.15, 0.2) is 9.84 Å². The molecule has 0 saturated heterocycles. The molecule has 1 rings (SSSR count). The third-order valence-electron chi connectivity index (χ3n) is 3.26. The lowest BCUT2D eigenvalue weighted by Gasteiger charge is -2.25. The minimum absolute atomic E-state index is 0.156. The molecule has 6 heteroatoms. The third-order valence-corrected chi connectivity index (χ3v) is 5.41. The van der Waals surface area contributed by atoms with Crippen molar-refractivity contribution in [2.45, 2.75) is 31.6 Å². The zero-order valence-corrected chi connectivity index (χ0v) is 12.3. The Labute approximate surface area is 112 Å². The van der Waals surface area contributed by atoms with Gasteiger partial charge in [-0.25, -0.2) is 17.2 Å². The third kappa shape index (κ3) is 3.98. The van der Waals surface area contributed by atoms with E-state index in [1.165, 1.54) is 0 Å². The van der Waals surface area contributed by atoms with Gasteiger partial charge in [0.05, 0.1) is 4.75 Å². The Kier molecular flexibility index (Phi) is 4.68. The van der Waals surface area contributed by atoms with Crippen molar-refractivity contribution in [3.8, 4) is 0 Å². The van der Waals surface area contributed by atoms with Crippen molar-refractivity contribution >= 4 is 9.84 Å². The Morgan fingerprint density at radius 2 is 1.89 bits per heavy atom. The molecular weight excluding hydrogens is 272 g/mol. The van der Waals surface area contributed by atoms with Gasteiger partial charge in [-0.15, -0.1) is 0 Å². The van der Waals surface area contributed by atoms with Gasteiger partial charge in [-0.2, -0.15) is 0 Å². The molecule has 108 valence electrons. The lowest BCUT2D eigenvalue weighted by atomic mass is 10.1. The fourth-order valence-corrected chi connectivity index (χ4v) is 1.83. The molecule has 1 N–H and O–H groups in total. The topological polar surface area (TPSA) is 46.2 Å². The van der Waals surface area contributed by atoms with E-state index in [1.54, 1.807) is 20.8 Å². The highest BCUT2D eigenvalue weighted by atomic mass is 32.2. The van der Waals surface area contributed by atoms with E-state index in [4.69, 9.17) is 0 Å². The van der Waals surface area contributed by atoms with Gasteiger partial charge < -0.3 is 5.32 Å². The van der Waals surface area contributed by atoms with Crippen molar-refractivity contribution in [3.63, 3.8) is 0 Å². The van der Waals surface area contributed by atoms with Crippen molar-refractivity contribution in [2.24, 2.45) is 0 Å². The molecule has 0 bridgehead atoms. The highest BCUT2D eigenvalue weighted by molar-refractivity contribution is 7.92. The van der Waals surface area contributed by atoms with Crippen LogP contribution in [0.2, 0.25) is 0 Å². The Bertz CT molecular complexity index is 556. The minimum atomic E-state index is -3.23. The van der Waals surface area contributed by atoms with Gasteiger partial charge in [0, 0.05) is 24.4 Å². The van der Waals surface area contributed by atoms with Crippen LogP contribution < -0.4 is 5.32 Å². The summed E-state index contributed by atoms with van der Waals surface area (Å²) < 4.78 is 48.8. The van der Waals surface area contributed by atoms with Crippen molar-refractivity contribution in [3.05, 3.63) is 35.4 Å². The molecule has 1 atom stereocenters. The van der Waals surface area contributed by atoms with Crippen molar-refractivity contribution in [2.75, 3.05) is 12.8 Å². The van der Waals surface area contributed by atoms with E-state index < -0.39 is 32.3 Å². The van der Waals surface area contributed by atoms with Crippen LogP contribution in [0.25, 0.3) is 0 Å². The van der Waals surface area contributed by atoms with Crippen LogP contribution in [0.3, 0.4) is 0 Å². The first-order valence-electron chi connectivity index (χ1n) is 5.92. The molecule has 0 saturated carbocycles. The summed E-state index contributed by atoms with van der Waals surface area (Å²) in [6, 6.07) is 2.74. The van der Waals surface area contributed by atoms with Crippen molar-refractivity contribution < 1.29 is 17.2 Å². The fourth-order valence-electron chi connectivity index (χ4n) is 1.49. The second kappa shape index (κ2) is 5.54. The zero-order valence-electron chi connectivity index (χ0n) is 11.5. The summed E-state index contributed by atoms with van der Waals surface area (Å²) in [5, 5.41) is 2.93. The van der Waals surface area contributed by atoms with E-state index in [9.17, 15) is 17.2 Å². The maximum absolute atomic E-state index is 13.5. The van der Waals surface area contributed by atoms with E-state index >= 15 is 0 Å². The summed E-state index contributed by atoms with van der Waals surface area (Å²) in [4.78, 5) is 0. The molecule has 1 aromatic rings. The standard InChI is InChI=1S/C13H19F2NO2S/c1-9(11-7-10(14)5-6-12(11)15)16-8-13(2,3)19(4,17)18/h5-7,9,16H,8H2,1-4H3. The Balaban J connectivity index is 2.81. The highest BCUT2D eigenvalue weighted by Gasteiger charge is 2.30. The number of halogens is 2. The Hall–Kier alpha value is -1.01. The SMILES string of the molecule is CC(NCC(C)(C)S(C)(=O)=O)c1cc(F)ccc1F. The summed E-state index contributed by atoms with van der Waals surface area (Å²) in [7, 11) is -3.23. The largest absolute Gasteiger partial charge is 0.309 e. The fraction of sp³-hybridized carbons (Fsp3) is 0.538. The lowest BCUT2D eigenvalue weighted by molar-refractivity contribution is 0.473. The first-order valence-corrected chi connectivity index (χ1v) is 7.81. The molecule has 19 heavy (non-hydrogen) atoms. The van der Waals surface area contributed by atoms with Crippen molar-refractivity contribution in [1.82, 2.24) is 5.32 Å². The normalized spacial score (nSPS) is 14.4. The molecule has 0 aliphatic heterocycles. The quantitative estimate of drug-likeness (QED) is 0.906. The first kappa shape index (κ1) is 16.0. The van der Waals surface area contributed by atoms with Crippen LogP contribution in [0.5, 0.6) is 0 Å². The summed E-state index contributed by atoms with van der Waals surface area (Å²) in [5.41, 5.74) is 0.185. The predicted molar refractivity (Wildman–Crippen MR) is 71.7 cm³/mol. The molecule has 1 unspecified atom stereocenters. The number of rotatable bonds is 5. The zero-order chi connectivity index (χ0) is 14.8. The molecule has 3 nitrogen and oxygen atoms in total. The summed E-state index contributed by atoms with van der Waals surface area (Å²) in [5.74, 6) is -1.04. The van der Waals surface area contributed by atoms with Gasteiger partial charge in [-0.3, -0.25) is 0 Å². The van der Waals surface area contributed by atoms with Crippen LogP contribution in [-0.4, -0.2) is 26.0 Å². The molecule has 0 fully saturated rings. The second-order valence-corrected chi connectivity index (χ2v) is 7.95. The van der Waals surface area contributed by atoms with E-state index in [-0.39, 0.29) is 12.1 Å². The molecule has 0 radical (unpaired) electrons.